The van der Waals surface area contributed by atoms with E-state index in [1.54, 1.807) is 6.07 Å². The van der Waals surface area contributed by atoms with E-state index in [1.807, 2.05) is 6.07 Å². The van der Waals surface area contributed by atoms with Gasteiger partial charge in [-0.05, 0) is 12.1 Å². The minimum Gasteiger partial charge on any atom is -0.397 e. The summed E-state index contributed by atoms with van der Waals surface area (Å²) in [4.78, 5) is 20.2. The molecule has 0 radical (unpaired) electrons. The highest BCUT2D eigenvalue weighted by molar-refractivity contribution is 5.86. The second-order valence-corrected chi connectivity index (χ2v) is 4.28. The van der Waals surface area contributed by atoms with Crippen LogP contribution in [0.15, 0.2) is 23.1 Å². The monoisotopic (exact) mass is 246 g/mol. The number of aromatic nitrogens is 2. The number of nitrogens with two attached hydrogens (primary N) is 1. The van der Waals surface area contributed by atoms with Gasteiger partial charge in [0.25, 0.3) is 5.56 Å². The number of nitrogen functional groups attached to an aromatic ring is 1. The normalized spacial score (nSPS) is 16.1. The Morgan fingerprint density at radius 2 is 2.11 bits per heavy atom. The van der Waals surface area contributed by atoms with Crippen molar-refractivity contribution in [3.63, 3.8) is 0 Å². The van der Waals surface area contributed by atoms with Crippen LogP contribution >= 0.6 is 0 Å². The SMILES string of the molecule is Nc1cc2[nH]c(=O)cnc2cc1N1CCOCC1. The second kappa shape index (κ2) is 4.30. The van der Waals surface area contributed by atoms with Gasteiger partial charge >= 0.3 is 0 Å². The van der Waals surface area contributed by atoms with Gasteiger partial charge in [-0.15, -0.1) is 0 Å². The van der Waals surface area contributed by atoms with Crippen molar-refractivity contribution in [3.8, 4) is 0 Å². The first-order valence-corrected chi connectivity index (χ1v) is 5.85. The summed E-state index contributed by atoms with van der Waals surface area (Å²) in [6.45, 7) is 3.05. The van der Waals surface area contributed by atoms with E-state index in [0.717, 1.165) is 24.3 Å². The van der Waals surface area contributed by atoms with Gasteiger partial charge in [-0.3, -0.25) is 4.79 Å². The first-order chi connectivity index (χ1) is 8.74. The van der Waals surface area contributed by atoms with E-state index in [-0.39, 0.29) is 5.56 Å². The maximum Gasteiger partial charge on any atom is 0.266 e. The van der Waals surface area contributed by atoms with Crippen molar-refractivity contribution in [2.24, 2.45) is 0 Å². The van der Waals surface area contributed by atoms with Gasteiger partial charge < -0.3 is 20.4 Å². The molecule has 2 heterocycles. The highest BCUT2D eigenvalue weighted by Crippen LogP contribution is 2.27. The Balaban J connectivity index is 2.09. The fourth-order valence-electron chi connectivity index (χ4n) is 2.17. The number of benzene rings is 1. The molecule has 6 heteroatoms. The van der Waals surface area contributed by atoms with Gasteiger partial charge in [0, 0.05) is 13.1 Å². The molecule has 0 saturated carbocycles. The van der Waals surface area contributed by atoms with Crippen LogP contribution in [0.5, 0.6) is 0 Å². The van der Waals surface area contributed by atoms with Crippen LogP contribution in [-0.4, -0.2) is 36.3 Å². The second-order valence-electron chi connectivity index (χ2n) is 4.28. The molecule has 6 nitrogen and oxygen atoms in total. The molecule has 0 bridgehead atoms. The number of ether oxygens (including phenoxy) is 1. The highest BCUT2D eigenvalue weighted by Gasteiger charge is 2.14. The molecular weight excluding hydrogens is 232 g/mol. The van der Waals surface area contributed by atoms with Gasteiger partial charge in [-0.1, -0.05) is 0 Å². The molecule has 1 aromatic heterocycles. The van der Waals surface area contributed by atoms with Gasteiger partial charge in [-0.25, -0.2) is 4.98 Å². The Bertz CT molecular complexity index is 632. The Morgan fingerprint density at radius 1 is 1.33 bits per heavy atom. The van der Waals surface area contributed by atoms with Crippen LogP contribution in [-0.2, 0) is 4.74 Å². The summed E-state index contributed by atoms with van der Waals surface area (Å²) in [6, 6.07) is 3.67. The molecule has 0 spiro atoms. The first-order valence-electron chi connectivity index (χ1n) is 5.85. The van der Waals surface area contributed by atoms with E-state index in [9.17, 15) is 4.79 Å². The number of hydrogen-bond acceptors (Lipinski definition) is 5. The predicted octanol–water partition coefficient (Wildman–Crippen LogP) is 0.342. The Hall–Kier alpha value is -2.08. The van der Waals surface area contributed by atoms with E-state index in [2.05, 4.69) is 14.9 Å². The van der Waals surface area contributed by atoms with Gasteiger partial charge in [-0.2, -0.15) is 0 Å². The number of anilines is 2. The molecule has 1 fully saturated rings. The molecule has 1 aromatic carbocycles. The van der Waals surface area contributed by atoms with Gasteiger partial charge in [0.05, 0.1) is 41.8 Å². The molecule has 1 aliphatic heterocycles. The summed E-state index contributed by atoms with van der Waals surface area (Å²) in [5, 5.41) is 0. The number of aromatic amines is 1. The molecule has 0 unspecified atom stereocenters. The first kappa shape index (κ1) is 11.0. The zero-order valence-electron chi connectivity index (χ0n) is 9.85. The molecule has 2 aromatic rings. The molecule has 1 aliphatic rings. The summed E-state index contributed by atoms with van der Waals surface area (Å²) >= 11 is 0. The zero-order valence-corrected chi connectivity index (χ0v) is 9.85. The molecule has 1 saturated heterocycles. The third-order valence-electron chi connectivity index (χ3n) is 3.08. The average Bonchev–Trinajstić information content (AvgIpc) is 2.39. The van der Waals surface area contributed by atoms with Crippen LogP contribution < -0.4 is 16.2 Å². The number of H-pyrrole nitrogens is 1. The van der Waals surface area contributed by atoms with E-state index in [0.29, 0.717) is 24.4 Å². The fourth-order valence-corrected chi connectivity index (χ4v) is 2.17. The van der Waals surface area contributed by atoms with Crippen LogP contribution in [0.2, 0.25) is 0 Å². The van der Waals surface area contributed by atoms with Crippen molar-refractivity contribution in [1.29, 1.82) is 0 Å². The number of nitrogens with one attached hydrogen (secondary N) is 1. The lowest BCUT2D eigenvalue weighted by Crippen LogP contribution is -2.36. The molecule has 0 aliphatic carbocycles. The predicted molar refractivity (Wildman–Crippen MR) is 69.8 cm³/mol. The van der Waals surface area contributed by atoms with Gasteiger partial charge in [0.15, 0.2) is 0 Å². The van der Waals surface area contributed by atoms with Crippen LogP contribution in [0, 0.1) is 0 Å². The standard InChI is InChI=1S/C12H14N4O2/c13-8-5-10-9(14-7-12(17)15-10)6-11(8)16-1-3-18-4-2-16/h5-7H,1-4,13H2,(H,15,17). The number of fused-ring (bicyclic) bond motifs is 1. The fraction of sp³-hybridized carbons (Fsp3) is 0.333. The summed E-state index contributed by atoms with van der Waals surface area (Å²) in [5.74, 6) is 0. The van der Waals surface area contributed by atoms with E-state index in [1.165, 1.54) is 6.20 Å². The van der Waals surface area contributed by atoms with E-state index in [4.69, 9.17) is 10.5 Å². The number of nitrogens with zero attached hydrogens (tertiary/aromatic N) is 2. The Kier molecular flexibility index (Phi) is 2.64. The lowest BCUT2D eigenvalue weighted by Gasteiger charge is -2.29. The number of rotatable bonds is 1. The summed E-state index contributed by atoms with van der Waals surface area (Å²) in [5.41, 5.74) is 8.81. The lowest BCUT2D eigenvalue weighted by atomic mass is 10.2. The minimum absolute atomic E-state index is 0.221. The van der Waals surface area contributed by atoms with Crippen LogP contribution in [0.3, 0.4) is 0 Å². The lowest BCUT2D eigenvalue weighted by molar-refractivity contribution is 0.123. The summed E-state index contributed by atoms with van der Waals surface area (Å²) in [6.07, 6.45) is 1.28. The van der Waals surface area contributed by atoms with E-state index < -0.39 is 0 Å². The van der Waals surface area contributed by atoms with Gasteiger partial charge in [0.2, 0.25) is 0 Å². The summed E-state index contributed by atoms with van der Waals surface area (Å²) in [7, 11) is 0. The maximum atomic E-state index is 11.2. The van der Waals surface area contributed by atoms with Crippen molar-refractivity contribution >= 4 is 22.4 Å². The summed E-state index contributed by atoms with van der Waals surface area (Å²) < 4.78 is 5.32. The molecule has 0 atom stereocenters. The van der Waals surface area contributed by atoms with Crippen molar-refractivity contribution in [1.82, 2.24) is 9.97 Å². The van der Waals surface area contributed by atoms with Crippen LogP contribution in [0.1, 0.15) is 0 Å². The van der Waals surface area contributed by atoms with Crippen molar-refractivity contribution in [2.45, 2.75) is 0 Å². The maximum absolute atomic E-state index is 11.2. The Labute approximate surface area is 103 Å². The number of hydrogen-bond donors (Lipinski definition) is 2. The van der Waals surface area contributed by atoms with E-state index >= 15 is 0 Å². The third kappa shape index (κ3) is 1.91. The van der Waals surface area contributed by atoms with Crippen LogP contribution in [0.4, 0.5) is 11.4 Å². The van der Waals surface area contributed by atoms with Crippen molar-refractivity contribution in [2.75, 3.05) is 36.9 Å². The van der Waals surface area contributed by atoms with Crippen molar-refractivity contribution in [3.05, 3.63) is 28.7 Å². The largest absolute Gasteiger partial charge is 0.397 e. The quantitative estimate of drug-likeness (QED) is 0.709. The van der Waals surface area contributed by atoms with Gasteiger partial charge in [0.1, 0.15) is 0 Å². The van der Waals surface area contributed by atoms with Crippen LogP contribution in [0.25, 0.3) is 11.0 Å². The van der Waals surface area contributed by atoms with Crippen molar-refractivity contribution < 1.29 is 4.74 Å². The molecule has 0 amide bonds. The molecule has 18 heavy (non-hydrogen) atoms. The molecule has 3 rings (SSSR count). The number of morpholine rings is 1. The smallest absolute Gasteiger partial charge is 0.266 e. The topological polar surface area (TPSA) is 84.2 Å². The zero-order chi connectivity index (χ0) is 12.5. The highest BCUT2D eigenvalue weighted by atomic mass is 16.5. The average molecular weight is 246 g/mol. The third-order valence-corrected chi connectivity index (χ3v) is 3.08. The molecular formula is C12H14N4O2. The minimum atomic E-state index is -0.221. The molecule has 94 valence electrons. The Morgan fingerprint density at radius 3 is 2.89 bits per heavy atom. The molecule has 3 N–H and O–H groups in total.